The van der Waals surface area contributed by atoms with Crippen LogP contribution >= 0.6 is 0 Å². The summed E-state index contributed by atoms with van der Waals surface area (Å²) in [5.74, 6) is -1.02. The molecule has 0 atom stereocenters. The highest BCUT2D eigenvalue weighted by atomic mass is 19.1. The van der Waals surface area contributed by atoms with Crippen LogP contribution in [0.2, 0.25) is 0 Å². The molecule has 0 amide bonds. The second-order valence-electron chi connectivity index (χ2n) is 23.0. The Morgan fingerprint density at radius 3 is 0.607 bits per heavy atom. The summed E-state index contributed by atoms with van der Waals surface area (Å²) >= 11 is 0. The summed E-state index contributed by atoms with van der Waals surface area (Å²) in [5, 5.41) is 5.55. The molecule has 418 valence electrons. The maximum atomic E-state index is 15.3. The van der Waals surface area contributed by atoms with Gasteiger partial charge in [-0.1, -0.05) is 152 Å². The first kappa shape index (κ1) is 55.2. The Morgan fingerprint density at radius 1 is 0.226 bits per heavy atom. The highest BCUT2D eigenvalue weighted by Gasteiger charge is 2.32. The van der Waals surface area contributed by atoms with Crippen LogP contribution in [0.1, 0.15) is 101 Å². The molecule has 0 aliphatic rings. The van der Waals surface area contributed by atoms with Crippen molar-refractivity contribution in [1.29, 1.82) is 0 Å². The first-order valence-electron chi connectivity index (χ1n) is 29.0. The van der Waals surface area contributed by atoms with E-state index in [-0.39, 0.29) is 46.9 Å². The van der Waals surface area contributed by atoms with Crippen LogP contribution in [0.25, 0.3) is 32.3 Å². The highest BCUT2D eigenvalue weighted by molar-refractivity contribution is 6.33. The number of anilines is 12. The molecule has 12 aromatic rings. The quantitative estimate of drug-likeness (QED) is 0.0706. The maximum absolute atomic E-state index is 15.3. The van der Waals surface area contributed by atoms with Gasteiger partial charge < -0.3 is 19.6 Å². The van der Waals surface area contributed by atoms with Gasteiger partial charge in [-0.25, -0.2) is 17.6 Å². The highest BCUT2D eigenvalue weighted by Crippen LogP contribution is 2.56. The van der Waals surface area contributed by atoms with Crippen LogP contribution in [0.4, 0.5) is 85.8 Å². The molecule has 0 saturated heterocycles. The molecule has 12 aromatic carbocycles. The van der Waals surface area contributed by atoms with Gasteiger partial charge in [0.25, 0.3) is 0 Å². The van der Waals surface area contributed by atoms with Crippen molar-refractivity contribution >= 4 is 101 Å². The lowest BCUT2D eigenvalue weighted by Crippen LogP contribution is -2.18. The molecule has 0 unspecified atom stereocenters. The Kier molecular flexibility index (Phi) is 14.9. The molecule has 0 spiro atoms. The summed E-state index contributed by atoms with van der Waals surface area (Å²) in [5.41, 5.74) is 14.4. The second-order valence-corrected chi connectivity index (χ2v) is 23.0. The Balaban J connectivity index is 1.34. The molecule has 0 aliphatic carbocycles. The SMILES string of the molecule is CC(C)c1ccccc1N(c1ccc(F)cc1)c1cc(N(c2ccc(F)cc2)c2ccccc2C(C)C)c2ccc3c(N(c4ccc(F)cc4)c4ccccc4C(C)C)cc(N(c4ccc(F)cc4)c4ccccc4C(C)C)c4ccc1c2c43. The van der Waals surface area contributed by atoms with E-state index in [2.05, 4.69) is 208 Å². The van der Waals surface area contributed by atoms with Crippen molar-refractivity contribution in [2.45, 2.75) is 79.1 Å². The van der Waals surface area contributed by atoms with Gasteiger partial charge in [0.15, 0.2) is 0 Å². The molecule has 12 rings (SSSR count). The smallest absolute Gasteiger partial charge is 0.123 e. The van der Waals surface area contributed by atoms with Gasteiger partial charge in [-0.05, 0) is 179 Å². The van der Waals surface area contributed by atoms with Crippen LogP contribution in [-0.4, -0.2) is 0 Å². The molecular formula is C76H66F4N4. The summed E-state index contributed by atoms with van der Waals surface area (Å²) < 4.78 is 61.4. The van der Waals surface area contributed by atoms with E-state index in [1.54, 1.807) is 0 Å². The van der Waals surface area contributed by atoms with Gasteiger partial charge in [-0.15, -0.1) is 0 Å². The molecular weight excluding hydrogens is 1040 g/mol. The average Bonchev–Trinajstić information content (AvgIpc) is 0.851. The van der Waals surface area contributed by atoms with Crippen molar-refractivity contribution < 1.29 is 17.6 Å². The van der Waals surface area contributed by atoms with Crippen LogP contribution in [0.3, 0.4) is 0 Å². The Bertz CT molecular complexity index is 3770. The van der Waals surface area contributed by atoms with Crippen molar-refractivity contribution in [3.8, 4) is 0 Å². The van der Waals surface area contributed by atoms with Gasteiger partial charge in [0.1, 0.15) is 23.3 Å². The first-order valence-corrected chi connectivity index (χ1v) is 29.0. The van der Waals surface area contributed by atoms with Crippen molar-refractivity contribution in [2.24, 2.45) is 0 Å². The van der Waals surface area contributed by atoms with Crippen molar-refractivity contribution in [1.82, 2.24) is 0 Å². The number of hydrogen-bond donors (Lipinski definition) is 0. The van der Waals surface area contributed by atoms with Crippen molar-refractivity contribution in [3.05, 3.63) is 276 Å². The minimum absolute atomic E-state index is 0.0967. The van der Waals surface area contributed by atoms with Crippen LogP contribution in [0, 0.1) is 23.3 Å². The lowest BCUT2D eigenvalue weighted by molar-refractivity contribution is 0.627. The summed E-state index contributed by atoms with van der Waals surface area (Å²) in [6, 6.07) is 73.8. The monoisotopic (exact) mass is 1110 g/mol. The summed E-state index contributed by atoms with van der Waals surface area (Å²) in [6.45, 7) is 17.5. The zero-order valence-electron chi connectivity index (χ0n) is 48.5. The lowest BCUT2D eigenvalue weighted by Gasteiger charge is -2.36. The fourth-order valence-corrected chi connectivity index (χ4v) is 12.4. The van der Waals surface area contributed by atoms with Crippen LogP contribution in [0.5, 0.6) is 0 Å². The van der Waals surface area contributed by atoms with Crippen LogP contribution < -0.4 is 19.6 Å². The van der Waals surface area contributed by atoms with Gasteiger partial charge in [-0.3, -0.25) is 0 Å². The third-order valence-corrected chi connectivity index (χ3v) is 16.3. The summed E-state index contributed by atoms with van der Waals surface area (Å²) in [4.78, 5) is 9.04. The molecule has 0 fully saturated rings. The standard InChI is InChI=1S/C76H66F4N4/c1-47(2)59-17-9-13-21-67(59)81(55-33-25-51(77)26-34-55)71-45-72(82(56-35-27-52(78)28-36-56)68-22-14-10-18-60(68)48(3)4)64-43-44-66-74(84(58-39-31-54(80)32-40-58)70-24-16-12-20-62(70)50(7)8)46-73(65-42-41-63(71)75(64)76(65)66)83(57-37-29-53(79)30-38-57)69-23-15-11-19-61(69)49(5)6/h9-50H,1-8H3. The minimum Gasteiger partial charge on any atom is -0.310 e. The van der Waals surface area contributed by atoms with E-state index in [1.807, 2.05) is 48.5 Å². The van der Waals surface area contributed by atoms with E-state index >= 15 is 17.6 Å². The fraction of sp³-hybridized carbons (Fsp3) is 0.158. The lowest BCUT2D eigenvalue weighted by atomic mass is 9.88. The van der Waals surface area contributed by atoms with E-state index in [9.17, 15) is 0 Å². The zero-order valence-corrected chi connectivity index (χ0v) is 48.5. The Hall–Kier alpha value is -9.40. The van der Waals surface area contributed by atoms with Gasteiger partial charge >= 0.3 is 0 Å². The van der Waals surface area contributed by atoms with Crippen molar-refractivity contribution in [2.75, 3.05) is 19.6 Å². The molecule has 0 aromatic heterocycles. The van der Waals surface area contributed by atoms with E-state index in [0.29, 0.717) is 0 Å². The van der Waals surface area contributed by atoms with Gasteiger partial charge in [-0.2, -0.15) is 0 Å². The predicted molar refractivity (Wildman–Crippen MR) is 345 cm³/mol. The molecule has 8 heteroatoms. The number of para-hydroxylation sites is 4. The van der Waals surface area contributed by atoms with E-state index in [4.69, 9.17) is 0 Å². The number of halogens is 4. The Labute approximate surface area is 490 Å². The van der Waals surface area contributed by atoms with Gasteiger partial charge in [0, 0.05) is 77.8 Å². The number of rotatable bonds is 16. The minimum atomic E-state index is -0.353. The van der Waals surface area contributed by atoms with Crippen LogP contribution in [-0.2, 0) is 0 Å². The molecule has 0 bridgehead atoms. The molecule has 0 radical (unpaired) electrons. The molecule has 0 heterocycles. The van der Waals surface area contributed by atoms with Gasteiger partial charge in [0.05, 0.1) is 22.7 Å². The number of nitrogens with zero attached hydrogens (tertiary/aromatic N) is 4. The molecule has 0 aliphatic heterocycles. The average molecular weight is 1110 g/mol. The number of hydrogen-bond acceptors (Lipinski definition) is 4. The fourth-order valence-electron chi connectivity index (χ4n) is 12.4. The maximum Gasteiger partial charge on any atom is 0.123 e. The first-order chi connectivity index (χ1) is 40.7. The Morgan fingerprint density at radius 2 is 0.417 bits per heavy atom. The second kappa shape index (κ2) is 22.7. The van der Waals surface area contributed by atoms with Gasteiger partial charge in [0.2, 0.25) is 0 Å². The van der Waals surface area contributed by atoms with Crippen molar-refractivity contribution in [3.63, 3.8) is 0 Å². The molecule has 0 N–H and O–H groups in total. The molecule has 84 heavy (non-hydrogen) atoms. The third-order valence-electron chi connectivity index (χ3n) is 16.3. The molecule has 4 nitrogen and oxygen atoms in total. The van der Waals surface area contributed by atoms with E-state index in [0.717, 1.165) is 123 Å². The largest absolute Gasteiger partial charge is 0.310 e. The van der Waals surface area contributed by atoms with E-state index < -0.39 is 0 Å². The number of benzene rings is 12. The third kappa shape index (κ3) is 10.0. The predicted octanol–water partition coefficient (Wildman–Crippen LogP) is 23.5. The van der Waals surface area contributed by atoms with E-state index in [1.165, 1.54) is 48.5 Å². The summed E-state index contributed by atoms with van der Waals surface area (Å²) in [7, 11) is 0. The topological polar surface area (TPSA) is 13.0 Å². The summed E-state index contributed by atoms with van der Waals surface area (Å²) in [6.07, 6.45) is 0. The van der Waals surface area contributed by atoms with Crippen LogP contribution in [0.15, 0.2) is 231 Å². The normalized spacial score (nSPS) is 11.8. The zero-order chi connectivity index (χ0) is 58.5. The molecule has 0 saturated carbocycles.